The van der Waals surface area contributed by atoms with Crippen molar-refractivity contribution in [2.75, 3.05) is 10.6 Å². The van der Waals surface area contributed by atoms with Gasteiger partial charge < -0.3 is 16.1 Å². The summed E-state index contributed by atoms with van der Waals surface area (Å²) in [7, 11) is 0. The molecule has 1 atom stereocenters. The van der Waals surface area contributed by atoms with Crippen LogP contribution < -0.4 is 21.6 Å². The smallest absolute Gasteiger partial charge is 0.103 e. The van der Waals surface area contributed by atoms with E-state index in [0.717, 1.165) is 33.7 Å². The number of benzene rings is 2. The van der Waals surface area contributed by atoms with Gasteiger partial charge in [0.15, 0.2) is 0 Å². The van der Waals surface area contributed by atoms with Gasteiger partial charge >= 0.3 is 0 Å². The van der Waals surface area contributed by atoms with E-state index in [9.17, 15) is 5.26 Å². The van der Waals surface area contributed by atoms with Crippen LogP contribution in [0.25, 0.3) is 16.4 Å². The molecule has 2 aromatic carbocycles. The molecule has 0 radical (unpaired) electrons. The normalized spacial score (nSPS) is 13.8. The minimum absolute atomic E-state index is 0.237. The first-order valence-electron chi connectivity index (χ1n) is 13.1. The summed E-state index contributed by atoms with van der Waals surface area (Å²) in [5.74, 6) is 0. The average molecular weight is 585 g/mol. The Kier molecular flexibility index (Phi) is 7.05. The molecular formula is C30H27Cl2N9. The first-order chi connectivity index (χ1) is 19.8. The van der Waals surface area contributed by atoms with Gasteiger partial charge in [-0.15, -0.1) is 5.53 Å². The maximum Gasteiger partial charge on any atom is 0.103 e. The van der Waals surface area contributed by atoms with Crippen molar-refractivity contribution in [3.05, 3.63) is 106 Å². The van der Waals surface area contributed by atoms with Crippen LogP contribution in [0.4, 0.5) is 17.1 Å². The molecule has 0 unspecified atom stereocenters. The minimum Gasteiger partial charge on any atom is -0.373 e. The Morgan fingerprint density at radius 3 is 2.63 bits per heavy atom. The molecule has 0 fully saturated rings. The Labute approximate surface area is 247 Å². The molecule has 0 spiro atoms. The number of nitriles is 1. The summed E-state index contributed by atoms with van der Waals surface area (Å²) in [6.07, 6.45) is 7.28. The number of hydrazine groups is 2. The summed E-state index contributed by atoms with van der Waals surface area (Å²) >= 11 is 13.2. The highest BCUT2D eigenvalue weighted by Crippen LogP contribution is 2.38. The van der Waals surface area contributed by atoms with Gasteiger partial charge in [-0.1, -0.05) is 35.3 Å². The fraction of sp³-hybridized carbons (Fsp3) is 0.167. The molecule has 0 amide bonds. The largest absolute Gasteiger partial charge is 0.373 e. The summed E-state index contributed by atoms with van der Waals surface area (Å²) in [5.41, 5.74) is 13.5. The molecule has 5 aromatic rings. The molecule has 206 valence electrons. The van der Waals surface area contributed by atoms with E-state index < -0.39 is 0 Å². The monoisotopic (exact) mass is 583 g/mol. The molecule has 4 N–H and O–H groups in total. The second-order valence-electron chi connectivity index (χ2n) is 10.1. The van der Waals surface area contributed by atoms with Crippen LogP contribution >= 0.6 is 23.2 Å². The molecule has 41 heavy (non-hydrogen) atoms. The quantitative estimate of drug-likeness (QED) is 0.165. The molecule has 9 nitrogen and oxygen atoms in total. The number of hydrogen-bond acceptors (Lipinski definition) is 8. The lowest BCUT2D eigenvalue weighted by atomic mass is 10.0. The third kappa shape index (κ3) is 5.09. The zero-order chi connectivity index (χ0) is 28.7. The van der Waals surface area contributed by atoms with Gasteiger partial charge in [-0.25, -0.2) is 4.52 Å². The molecule has 0 saturated heterocycles. The summed E-state index contributed by atoms with van der Waals surface area (Å²) in [6.45, 7) is 6.15. The average Bonchev–Trinajstić information content (AvgIpc) is 3.64. The number of hydrogen-bond donors (Lipinski definition) is 4. The van der Waals surface area contributed by atoms with Crippen molar-refractivity contribution in [2.45, 2.75) is 32.9 Å². The Hall–Kier alpha value is -4.49. The summed E-state index contributed by atoms with van der Waals surface area (Å²) in [5, 5.41) is 25.2. The molecule has 3 aromatic heterocycles. The van der Waals surface area contributed by atoms with E-state index in [4.69, 9.17) is 23.2 Å². The van der Waals surface area contributed by atoms with E-state index in [2.05, 4.69) is 57.7 Å². The van der Waals surface area contributed by atoms with E-state index in [0.29, 0.717) is 32.2 Å². The zero-order valence-electron chi connectivity index (χ0n) is 22.6. The molecular weight excluding hydrogens is 557 g/mol. The number of nitrogens with zero attached hydrogens (tertiary/aromatic N) is 5. The van der Waals surface area contributed by atoms with Crippen LogP contribution in [-0.2, 0) is 0 Å². The Bertz CT molecular complexity index is 1850. The number of aromatic nitrogens is 3. The predicted octanol–water partition coefficient (Wildman–Crippen LogP) is 6.84. The van der Waals surface area contributed by atoms with Crippen LogP contribution in [0.2, 0.25) is 10.0 Å². The van der Waals surface area contributed by atoms with Crippen molar-refractivity contribution in [3.8, 4) is 6.07 Å². The third-order valence-corrected chi connectivity index (χ3v) is 7.75. The summed E-state index contributed by atoms with van der Waals surface area (Å²) < 4.78 is 1.85. The minimum atomic E-state index is -0.292. The highest BCUT2D eigenvalue weighted by Gasteiger charge is 2.26. The van der Waals surface area contributed by atoms with E-state index in [-0.39, 0.29) is 12.1 Å². The van der Waals surface area contributed by atoms with E-state index in [1.807, 2.05) is 71.3 Å². The van der Waals surface area contributed by atoms with Crippen LogP contribution in [0, 0.1) is 18.3 Å². The second kappa shape index (κ2) is 10.8. The maximum atomic E-state index is 9.94. The van der Waals surface area contributed by atoms with Crippen molar-refractivity contribution >= 4 is 56.7 Å². The predicted molar refractivity (Wildman–Crippen MR) is 164 cm³/mol. The first-order valence-corrected chi connectivity index (χ1v) is 13.8. The van der Waals surface area contributed by atoms with Gasteiger partial charge in [0.05, 0.1) is 39.0 Å². The number of anilines is 3. The van der Waals surface area contributed by atoms with Crippen molar-refractivity contribution in [1.29, 1.82) is 5.26 Å². The van der Waals surface area contributed by atoms with Gasteiger partial charge in [-0.2, -0.15) is 10.4 Å². The number of fused-ring (bicyclic) bond motifs is 2. The Morgan fingerprint density at radius 2 is 1.88 bits per heavy atom. The van der Waals surface area contributed by atoms with Crippen LogP contribution in [-0.4, -0.2) is 25.6 Å². The fourth-order valence-electron chi connectivity index (χ4n) is 4.85. The van der Waals surface area contributed by atoms with Crippen molar-refractivity contribution in [1.82, 2.24) is 30.6 Å². The molecule has 0 aliphatic carbocycles. The molecule has 11 heteroatoms. The highest BCUT2D eigenvalue weighted by atomic mass is 35.5. The highest BCUT2D eigenvalue weighted by molar-refractivity contribution is 6.36. The fourth-order valence-corrected chi connectivity index (χ4v) is 5.30. The Morgan fingerprint density at radius 1 is 1.05 bits per heavy atom. The number of aryl methyl sites for hydroxylation is 1. The summed E-state index contributed by atoms with van der Waals surface area (Å²) in [4.78, 5) is 4.50. The van der Waals surface area contributed by atoms with Crippen molar-refractivity contribution in [2.24, 2.45) is 0 Å². The molecule has 4 heterocycles. The lowest BCUT2D eigenvalue weighted by Gasteiger charge is -2.23. The van der Waals surface area contributed by atoms with E-state index >= 15 is 0 Å². The van der Waals surface area contributed by atoms with Crippen molar-refractivity contribution < 1.29 is 0 Å². The van der Waals surface area contributed by atoms with Gasteiger partial charge in [0.2, 0.25) is 0 Å². The van der Waals surface area contributed by atoms with Crippen LogP contribution in [0.15, 0.2) is 79.0 Å². The van der Waals surface area contributed by atoms with Crippen LogP contribution in [0.1, 0.15) is 36.6 Å². The van der Waals surface area contributed by atoms with Crippen molar-refractivity contribution in [3.63, 3.8) is 0 Å². The maximum absolute atomic E-state index is 9.94. The van der Waals surface area contributed by atoms with Gasteiger partial charge in [0.1, 0.15) is 6.07 Å². The Balaban J connectivity index is 1.47. The molecule has 1 aliphatic heterocycles. The van der Waals surface area contributed by atoms with Gasteiger partial charge in [-0.05, 0) is 62.7 Å². The molecule has 6 rings (SSSR count). The SMILES string of the molecule is Cc1ccc(Nc2c(C#N)cnc3c(Cl)cc(N[C@H](C4=CN(C(C)C)NN4)c4cccn5nccc45)cc23)cc1Cl. The zero-order valence-corrected chi connectivity index (χ0v) is 24.1. The number of halogens is 2. The van der Waals surface area contributed by atoms with Crippen LogP contribution in [0.5, 0.6) is 0 Å². The number of rotatable bonds is 7. The van der Waals surface area contributed by atoms with Gasteiger partial charge in [-0.3, -0.25) is 9.99 Å². The molecule has 0 saturated carbocycles. The molecule has 0 bridgehead atoms. The first kappa shape index (κ1) is 26.7. The van der Waals surface area contributed by atoms with E-state index in [1.165, 1.54) is 6.20 Å². The lowest BCUT2D eigenvalue weighted by molar-refractivity contribution is 0.221. The van der Waals surface area contributed by atoms with E-state index in [1.54, 1.807) is 6.20 Å². The number of pyridine rings is 2. The van der Waals surface area contributed by atoms with Gasteiger partial charge in [0, 0.05) is 58.2 Å². The standard InChI is InChI=1S/C30H27Cl2N9/c1-17(2)41-16-26(38-39-41)30(22-5-4-10-40-27(22)8-9-35-40)37-21-11-23-28(36-20-7-6-18(3)24(31)12-20)19(14-33)15-34-29(23)25(32)13-21/h4-13,15-17,30,37-39H,1-3H3,(H,34,36)/t30-/m0/s1. The summed E-state index contributed by atoms with van der Waals surface area (Å²) in [6, 6.07) is 17.7. The lowest BCUT2D eigenvalue weighted by Crippen LogP contribution is -2.41. The van der Waals surface area contributed by atoms with Gasteiger partial charge in [0.25, 0.3) is 0 Å². The second-order valence-corrected chi connectivity index (χ2v) is 10.9. The third-order valence-electron chi connectivity index (χ3n) is 7.05. The van der Waals surface area contributed by atoms with Crippen LogP contribution in [0.3, 0.4) is 0 Å². The molecule has 1 aliphatic rings. The number of nitrogens with one attached hydrogen (secondary N) is 4. The topological polar surface area (TPSA) is 105 Å².